The van der Waals surface area contributed by atoms with Gasteiger partial charge in [-0.15, -0.1) is 0 Å². The second-order valence-electron chi connectivity index (χ2n) is 3.65. The van der Waals surface area contributed by atoms with Crippen LogP contribution in [0.3, 0.4) is 0 Å². The van der Waals surface area contributed by atoms with Gasteiger partial charge in [-0.1, -0.05) is 0 Å². The van der Waals surface area contributed by atoms with Crippen molar-refractivity contribution in [1.82, 2.24) is 14.5 Å². The molecule has 80 valence electrons. The lowest BCUT2D eigenvalue weighted by molar-refractivity contribution is 0.332. The second kappa shape index (κ2) is 5.78. The SMILES string of the molecule is CN(CCCN)CCc1nccn1C. The van der Waals surface area contributed by atoms with Crippen LogP contribution in [0.5, 0.6) is 0 Å². The van der Waals surface area contributed by atoms with Gasteiger partial charge in [-0.05, 0) is 26.6 Å². The Bertz CT molecular complexity index is 256. The molecule has 14 heavy (non-hydrogen) atoms. The summed E-state index contributed by atoms with van der Waals surface area (Å²) in [6, 6.07) is 0. The summed E-state index contributed by atoms with van der Waals surface area (Å²) in [6.07, 6.45) is 5.89. The number of nitrogens with two attached hydrogens (primary N) is 1. The summed E-state index contributed by atoms with van der Waals surface area (Å²) < 4.78 is 2.07. The summed E-state index contributed by atoms with van der Waals surface area (Å²) in [5, 5.41) is 0. The van der Waals surface area contributed by atoms with E-state index in [0.717, 1.165) is 38.3 Å². The van der Waals surface area contributed by atoms with Crippen LogP contribution in [0.1, 0.15) is 12.2 Å². The van der Waals surface area contributed by atoms with Gasteiger partial charge in [0, 0.05) is 32.4 Å². The smallest absolute Gasteiger partial charge is 0.109 e. The van der Waals surface area contributed by atoms with Gasteiger partial charge in [0.25, 0.3) is 0 Å². The maximum absolute atomic E-state index is 5.45. The van der Waals surface area contributed by atoms with Crippen molar-refractivity contribution in [2.45, 2.75) is 12.8 Å². The lowest BCUT2D eigenvalue weighted by Gasteiger charge is -2.15. The molecule has 0 amide bonds. The maximum Gasteiger partial charge on any atom is 0.109 e. The predicted octanol–water partition coefficient (Wildman–Crippen LogP) is 0.243. The van der Waals surface area contributed by atoms with E-state index in [1.165, 1.54) is 0 Å². The fourth-order valence-corrected chi connectivity index (χ4v) is 1.40. The van der Waals surface area contributed by atoms with Gasteiger partial charge in [0.05, 0.1) is 0 Å². The minimum atomic E-state index is 0.771. The van der Waals surface area contributed by atoms with Crippen LogP contribution < -0.4 is 5.73 Å². The van der Waals surface area contributed by atoms with E-state index in [-0.39, 0.29) is 0 Å². The third kappa shape index (κ3) is 3.47. The predicted molar refractivity (Wildman–Crippen MR) is 58.1 cm³/mol. The second-order valence-corrected chi connectivity index (χ2v) is 3.65. The van der Waals surface area contributed by atoms with Crippen molar-refractivity contribution in [2.75, 3.05) is 26.7 Å². The zero-order valence-corrected chi connectivity index (χ0v) is 9.11. The summed E-state index contributed by atoms with van der Waals surface area (Å²) in [5.74, 6) is 1.14. The highest BCUT2D eigenvalue weighted by atomic mass is 15.1. The van der Waals surface area contributed by atoms with E-state index in [0.29, 0.717) is 0 Å². The number of hydrogen-bond donors (Lipinski definition) is 1. The molecule has 0 aliphatic heterocycles. The van der Waals surface area contributed by atoms with Gasteiger partial charge < -0.3 is 15.2 Å². The van der Waals surface area contributed by atoms with Gasteiger partial charge in [-0.3, -0.25) is 0 Å². The summed E-state index contributed by atoms with van der Waals surface area (Å²) in [4.78, 5) is 6.57. The average molecular weight is 196 g/mol. The number of nitrogens with zero attached hydrogens (tertiary/aromatic N) is 3. The Morgan fingerprint density at radius 3 is 2.86 bits per heavy atom. The Hall–Kier alpha value is -0.870. The molecule has 0 radical (unpaired) electrons. The van der Waals surface area contributed by atoms with E-state index < -0.39 is 0 Å². The minimum Gasteiger partial charge on any atom is -0.338 e. The Morgan fingerprint density at radius 1 is 1.50 bits per heavy atom. The highest BCUT2D eigenvalue weighted by Crippen LogP contribution is 1.97. The fraction of sp³-hybridized carbons (Fsp3) is 0.700. The number of rotatable bonds is 6. The maximum atomic E-state index is 5.45. The van der Waals surface area contributed by atoms with Crippen molar-refractivity contribution in [1.29, 1.82) is 0 Å². The molecule has 0 fully saturated rings. The molecule has 0 aliphatic rings. The molecular formula is C10H20N4. The Kier molecular flexibility index (Phi) is 4.62. The molecule has 0 saturated carbocycles. The fourth-order valence-electron chi connectivity index (χ4n) is 1.40. The van der Waals surface area contributed by atoms with E-state index in [4.69, 9.17) is 5.73 Å². The first-order valence-corrected chi connectivity index (χ1v) is 5.09. The van der Waals surface area contributed by atoms with Crippen LogP contribution in [0.2, 0.25) is 0 Å². The molecular weight excluding hydrogens is 176 g/mol. The van der Waals surface area contributed by atoms with Gasteiger partial charge >= 0.3 is 0 Å². The average Bonchev–Trinajstić information content (AvgIpc) is 2.58. The van der Waals surface area contributed by atoms with E-state index in [1.807, 2.05) is 19.4 Å². The quantitative estimate of drug-likeness (QED) is 0.709. The molecule has 0 saturated heterocycles. The van der Waals surface area contributed by atoms with Crippen molar-refractivity contribution in [3.63, 3.8) is 0 Å². The lowest BCUT2D eigenvalue weighted by Crippen LogP contribution is -2.24. The molecule has 0 atom stereocenters. The number of aromatic nitrogens is 2. The third-order valence-electron chi connectivity index (χ3n) is 2.38. The van der Waals surface area contributed by atoms with Gasteiger partial charge in [-0.2, -0.15) is 0 Å². The summed E-state index contributed by atoms with van der Waals surface area (Å²) in [6.45, 7) is 2.89. The Labute approximate surface area is 85.7 Å². The monoisotopic (exact) mass is 196 g/mol. The molecule has 0 aromatic carbocycles. The van der Waals surface area contributed by atoms with Crippen LogP contribution in [0.25, 0.3) is 0 Å². The zero-order chi connectivity index (χ0) is 10.4. The summed E-state index contributed by atoms with van der Waals surface area (Å²) >= 11 is 0. The van der Waals surface area contributed by atoms with Crippen LogP contribution in [0.15, 0.2) is 12.4 Å². The van der Waals surface area contributed by atoms with E-state index in [1.54, 1.807) is 0 Å². The highest BCUT2D eigenvalue weighted by Gasteiger charge is 2.01. The molecule has 1 aromatic rings. The van der Waals surface area contributed by atoms with Gasteiger partial charge in [0.2, 0.25) is 0 Å². The Balaban J connectivity index is 2.23. The topological polar surface area (TPSA) is 47.1 Å². The largest absolute Gasteiger partial charge is 0.338 e. The molecule has 0 aliphatic carbocycles. The standard InChI is InChI=1S/C10H20N4/c1-13(7-3-5-11)8-4-10-12-6-9-14(10)2/h6,9H,3-5,7-8,11H2,1-2H3. The molecule has 0 spiro atoms. The van der Waals surface area contributed by atoms with Crippen LogP contribution >= 0.6 is 0 Å². The van der Waals surface area contributed by atoms with Crippen LogP contribution in [-0.2, 0) is 13.5 Å². The van der Waals surface area contributed by atoms with E-state index >= 15 is 0 Å². The molecule has 1 aromatic heterocycles. The number of imidazole rings is 1. The van der Waals surface area contributed by atoms with E-state index in [2.05, 4.69) is 21.5 Å². The third-order valence-corrected chi connectivity index (χ3v) is 2.38. The molecule has 1 heterocycles. The van der Waals surface area contributed by atoms with Gasteiger partial charge in [0.15, 0.2) is 0 Å². The summed E-state index contributed by atoms with van der Waals surface area (Å²) in [5.41, 5.74) is 5.45. The molecule has 2 N–H and O–H groups in total. The first kappa shape index (κ1) is 11.2. The molecule has 1 rings (SSSR count). The van der Waals surface area contributed by atoms with Crippen molar-refractivity contribution in [2.24, 2.45) is 12.8 Å². The van der Waals surface area contributed by atoms with Crippen LogP contribution in [-0.4, -0.2) is 41.1 Å². The van der Waals surface area contributed by atoms with E-state index in [9.17, 15) is 0 Å². The zero-order valence-electron chi connectivity index (χ0n) is 9.11. The minimum absolute atomic E-state index is 0.771. The number of likely N-dealkylation sites (N-methyl/N-ethyl adjacent to an activating group) is 1. The molecule has 4 heteroatoms. The van der Waals surface area contributed by atoms with Crippen molar-refractivity contribution < 1.29 is 0 Å². The van der Waals surface area contributed by atoms with Crippen molar-refractivity contribution in [3.05, 3.63) is 18.2 Å². The summed E-state index contributed by atoms with van der Waals surface area (Å²) in [7, 11) is 4.15. The number of hydrogen-bond acceptors (Lipinski definition) is 3. The lowest BCUT2D eigenvalue weighted by atomic mass is 10.3. The normalized spacial score (nSPS) is 11.1. The van der Waals surface area contributed by atoms with Gasteiger partial charge in [-0.25, -0.2) is 4.98 Å². The van der Waals surface area contributed by atoms with Crippen LogP contribution in [0, 0.1) is 0 Å². The van der Waals surface area contributed by atoms with Crippen LogP contribution in [0.4, 0.5) is 0 Å². The Morgan fingerprint density at radius 2 is 2.29 bits per heavy atom. The van der Waals surface area contributed by atoms with Gasteiger partial charge in [0.1, 0.15) is 5.82 Å². The molecule has 0 unspecified atom stereocenters. The molecule has 4 nitrogen and oxygen atoms in total. The number of aryl methyl sites for hydroxylation is 1. The van der Waals surface area contributed by atoms with Crippen molar-refractivity contribution >= 4 is 0 Å². The van der Waals surface area contributed by atoms with Crippen molar-refractivity contribution in [3.8, 4) is 0 Å². The first-order chi connectivity index (χ1) is 6.74. The first-order valence-electron chi connectivity index (χ1n) is 5.09. The molecule has 0 bridgehead atoms. The highest BCUT2D eigenvalue weighted by molar-refractivity contribution is 4.91.